The molecule has 0 bridgehead atoms. The van der Waals surface area contributed by atoms with Crippen LogP contribution < -0.4 is 5.19 Å². The minimum Gasteiger partial charge on any atom is -0.208 e. The van der Waals surface area contributed by atoms with Gasteiger partial charge in [0, 0.05) is 16.7 Å². The average Bonchev–Trinajstić information content (AvgIpc) is 3.14. The molecule has 0 aliphatic heterocycles. The van der Waals surface area contributed by atoms with Crippen molar-refractivity contribution in [1.29, 1.82) is 0 Å². The van der Waals surface area contributed by atoms with Crippen LogP contribution in [0.5, 0.6) is 0 Å². The molecule has 0 spiro atoms. The highest BCUT2D eigenvalue weighted by Crippen LogP contribution is 2.31. The Morgan fingerprint density at radius 3 is 1.35 bits per heavy atom. The highest BCUT2D eigenvalue weighted by Gasteiger charge is 2.16. The summed E-state index contributed by atoms with van der Waals surface area (Å²) in [4.78, 5) is 14.2. The summed E-state index contributed by atoms with van der Waals surface area (Å²) in [5.74, 6) is 0.912. The van der Waals surface area contributed by atoms with E-state index in [2.05, 4.69) is 68.2 Å². The summed E-state index contributed by atoms with van der Waals surface area (Å²) in [5, 5.41) is 1.43. The minimum atomic E-state index is -1.37. The second-order valence-electron chi connectivity index (χ2n) is 12.3. The topological polar surface area (TPSA) is 38.7 Å². The van der Waals surface area contributed by atoms with Crippen LogP contribution in [-0.2, 0) is 0 Å². The predicted molar refractivity (Wildman–Crippen MR) is 195 cm³/mol. The molecule has 0 atom stereocenters. The molecule has 0 unspecified atom stereocenters. The summed E-state index contributed by atoms with van der Waals surface area (Å²) >= 11 is 0. The normalized spacial score (nSPS) is 12.6. The Bertz CT molecular complexity index is 2270. The predicted octanol–water partition coefficient (Wildman–Crippen LogP) is 10.4. The maximum atomic E-state index is 9.38. The van der Waals surface area contributed by atoms with Crippen molar-refractivity contribution in [1.82, 2.24) is 15.0 Å². The number of hydrogen-bond acceptors (Lipinski definition) is 3. The smallest absolute Gasteiger partial charge is 0.164 e. The number of aromatic nitrogens is 3. The third-order valence-corrected chi connectivity index (χ3v) is 10.1. The highest BCUT2D eigenvalue weighted by molar-refractivity contribution is 6.88. The SMILES string of the molecule is [2H]c1c([2H])c(-c2cccc(-c3ccc(-c4ccc([Si](C)(C)C)cc4)cc3)c2)c([2H])c(-c2nc(-c3ccccc3)nc(-c3ccccc3)n2)c1[2H]. The van der Waals surface area contributed by atoms with Crippen molar-refractivity contribution in [2.75, 3.05) is 0 Å². The van der Waals surface area contributed by atoms with Crippen molar-refractivity contribution < 1.29 is 5.48 Å². The lowest BCUT2D eigenvalue weighted by Gasteiger charge is -2.16. The molecular formula is C42H35N3Si. The molecule has 6 aromatic carbocycles. The van der Waals surface area contributed by atoms with Gasteiger partial charge in [-0.15, -0.1) is 0 Å². The molecule has 0 aliphatic carbocycles. The van der Waals surface area contributed by atoms with Crippen LogP contribution in [0, 0.1) is 0 Å². The van der Waals surface area contributed by atoms with Gasteiger partial charge in [0.25, 0.3) is 0 Å². The Morgan fingerprint density at radius 1 is 0.413 bits per heavy atom. The third kappa shape index (κ3) is 6.34. The second kappa shape index (κ2) is 12.5. The van der Waals surface area contributed by atoms with Crippen molar-refractivity contribution in [2.45, 2.75) is 19.6 Å². The van der Waals surface area contributed by atoms with Gasteiger partial charge >= 0.3 is 0 Å². The van der Waals surface area contributed by atoms with E-state index in [-0.39, 0.29) is 41.1 Å². The first-order valence-corrected chi connectivity index (χ1v) is 18.9. The lowest BCUT2D eigenvalue weighted by molar-refractivity contribution is 1.07. The van der Waals surface area contributed by atoms with E-state index in [0.717, 1.165) is 27.8 Å². The second-order valence-corrected chi connectivity index (χ2v) is 17.4. The molecule has 0 radical (unpaired) electrons. The fourth-order valence-electron chi connectivity index (χ4n) is 5.39. The Kier molecular flexibility index (Phi) is 6.75. The quantitative estimate of drug-likeness (QED) is 0.168. The van der Waals surface area contributed by atoms with Crippen molar-refractivity contribution in [3.05, 3.63) is 158 Å². The molecule has 0 aliphatic rings. The van der Waals surface area contributed by atoms with Gasteiger partial charge in [-0.05, 0) is 45.5 Å². The van der Waals surface area contributed by atoms with Gasteiger partial charge in [0.1, 0.15) is 0 Å². The molecule has 0 amide bonds. The number of rotatable bonds is 7. The van der Waals surface area contributed by atoms with Crippen LogP contribution in [0.2, 0.25) is 19.6 Å². The fourth-order valence-corrected chi connectivity index (χ4v) is 6.56. The van der Waals surface area contributed by atoms with Gasteiger partial charge in [-0.3, -0.25) is 0 Å². The van der Waals surface area contributed by atoms with Crippen molar-refractivity contribution in [3.63, 3.8) is 0 Å². The maximum Gasteiger partial charge on any atom is 0.164 e. The highest BCUT2D eigenvalue weighted by atomic mass is 28.3. The molecule has 7 aromatic rings. The number of hydrogen-bond donors (Lipinski definition) is 0. The van der Waals surface area contributed by atoms with Crippen LogP contribution in [0.3, 0.4) is 0 Å². The molecule has 7 rings (SSSR count). The zero-order valence-corrected chi connectivity index (χ0v) is 27.0. The molecule has 1 heterocycles. The van der Waals surface area contributed by atoms with Gasteiger partial charge in [-0.1, -0.05) is 170 Å². The van der Waals surface area contributed by atoms with Crippen LogP contribution in [-0.4, -0.2) is 23.0 Å². The Hall–Kier alpha value is -5.45. The summed E-state index contributed by atoms with van der Waals surface area (Å²) < 4.78 is 36.0. The van der Waals surface area contributed by atoms with E-state index < -0.39 is 8.07 Å². The van der Waals surface area contributed by atoms with E-state index in [1.807, 2.05) is 84.9 Å². The maximum absolute atomic E-state index is 9.38. The van der Waals surface area contributed by atoms with E-state index in [0.29, 0.717) is 17.2 Å². The standard InChI is InChI=1S/C42H35N3Si/c1-46(2,3)39-26-24-31(25-27-39)30-20-22-32(23-21-30)35-16-10-17-36(28-35)37-18-11-19-38(29-37)42-44-40(33-12-6-4-7-13-33)43-41(45-42)34-14-8-5-9-15-34/h4-29H,1-3H3/i11D,18D,19D,29D. The summed E-state index contributed by atoms with van der Waals surface area (Å²) in [6.07, 6.45) is 0. The number of benzene rings is 6. The Morgan fingerprint density at radius 2 is 0.826 bits per heavy atom. The molecule has 46 heavy (non-hydrogen) atoms. The Balaban J connectivity index is 1.31. The lowest BCUT2D eigenvalue weighted by Crippen LogP contribution is -2.37. The molecular weight excluding hydrogens is 575 g/mol. The summed E-state index contributed by atoms with van der Waals surface area (Å²) in [5.41, 5.74) is 6.69. The summed E-state index contributed by atoms with van der Waals surface area (Å²) in [6.45, 7) is 7.05. The van der Waals surface area contributed by atoms with Crippen LogP contribution in [0.15, 0.2) is 158 Å². The summed E-state index contributed by atoms with van der Waals surface area (Å²) in [7, 11) is -1.37. The third-order valence-electron chi connectivity index (χ3n) is 8.00. The van der Waals surface area contributed by atoms with Gasteiger partial charge < -0.3 is 0 Å². The zero-order valence-electron chi connectivity index (χ0n) is 30.0. The molecule has 0 saturated carbocycles. The summed E-state index contributed by atoms with van der Waals surface area (Å²) in [6, 6.07) is 43.1. The van der Waals surface area contributed by atoms with Crippen LogP contribution in [0.1, 0.15) is 5.48 Å². The van der Waals surface area contributed by atoms with Crippen LogP contribution >= 0.6 is 0 Å². The van der Waals surface area contributed by atoms with Crippen molar-refractivity contribution >= 4 is 13.3 Å². The first kappa shape index (κ1) is 24.8. The van der Waals surface area contributed by atoms with Gasteiger partial charge in [0.2, 0.25) is 0 Å². The van der Waals surface area contributed by atoms with E-state index >= 15 is 0 Å². The zero-order chi connectivity index (χ0) is 35.0. The number of nitrogens with zero attached hydrogens (tertiary/aromatic N) is 3. The minimum absolute atomic E-state index is 0.0745. The molecule has 4 heteroatoms. The van der Waals surface area contributed by atoms with Gasteiger partial charge in [-0.2, -0.15) is 0 Å². The molecule has 1 aromatic heterocycles. The van der Waals surface area contributed by atoms with Gasteiger partial charge in [-0.25, -0.2) is 15.0 Å². The van der Waals surface area contributed by atoms with E-state index in [1.165, 1.54) is 10.8 Å². The molecule has 0 saturated heterocycles. The van der Waals surface area contributed by atoms with Crippen molar-refractivity contribution in [2.24, 2.45) is 0 Å². The van der Waals surface area contributed by atoms with Gasteiger partial charge in [0.15, 0.2) is 17.5 Å². The monoisotopic (exact) mass is 613 g/mol. The largest absolute Gasteiger partial charge is 0.208 e. The van der Waals surface area contributed by atoms with Crippen molar-refractivity contribution in [3.8, 4) is 67.5 Å². The van der Waals surface area contributed by atoms with E-state index in [1.54, 1.807) is 0 Å². The van der Waals surface area contributed by atoms with Gasteiger partial charge in [0.05, 0.1) is 13.6 Å². The average molecular weight is 614 g/mol. The first-order valence-electron chi connectivity index (χ1n) is 17.4. The molecule has 0 N–H and O–H groups in total. The van der Waals surface area contributed by atoms with Crippen LogP contribution in [0.25, 0.3) is 67.5 Å². The van der Waals surface area contributed by atoms with E-state index in [4.69, 9.17) is 19.1 Å². The fraction of sp³-hybridized carbons (Fsp3) is 0.0714. The molecule has 3 nitrogen and oxygen atoms in total. The first-order chi connectivity index (χ1) is 24.1. The Labute approximate surface area is 278 Å². The molecule has 0 fully saturated rings. The molecule has 222 valence electrons. The van der Waals surface area contributed by atoms with Crippen LogP contribution in [0.4, 0.5) is 0 Å². The van der Waals surface area contributed by atoms with E-state index in [9.17, 15) is 1.37 Å². The lowest BCUT2D eigenvalue weighted by atomic mass is 9.96.